The van der Waals surface area contributed by atoms with Crippen LogP contribution in [0.4, 0.5) is 4.79 Å². The molecule has 106 valence electrons. The molecule has 1 rings (SSSR count). The lowest BCUT2D eigenvalue weighted by atomic mass is 10.3. The van der Waals surface area contributed by atoms with Gasteiger partial charge < -0.3 is 14.8 Å². The molecule has 1 heterocycles. The van der Waals surface area contributed by atoms with Crippen molar-refractivity contribution >= 4 is 12.0 Å². The van der Waals surface area contributed by atoms with Gasteiger partial charge in [-0.15, -0.1) is 0 Å². The van der Waals surface area contributed by atoms with Gasteiger partial charge in [-0.25, -0.2) is 4.79 Å². The molecule has 0 spiro atoms. The molecule has 0 fully saturated rings. The van der Waals surface area contributed by atoms with Gasteiger partial charge >= 0.3 is 12.0 Å². The van der Waals surface area contributed by atoms with Gasteiger partial charge in [0.1, 0.15) is 6.54 Å². The molecule has 6 nitrogen and oxygen atoms in total. The number of hydrogen-bond donors (Lipinski definition) is 1. The van der Waals surface area contributed by atoms with Crippen LogP contribution in [-0.2, 0) is 14.3 Å². The van der Waals surface area contributed by atoms with Crippen molar-refractivity contribution in [3.8, 4) is 0 Å². The molecule has 0 aromatic carbocycles. The normalized spacial score (nSPS) is 17.4. The van der Waals surface area contributed by atoms with Crippen molar-refractivity contribution in [2.75, 3.05) is 20.3 Å². The van der Waals surface area contributed by atoms with Gasteiger partial charge in [0.2, 0.25) is 0 Å². The summed E-state index contributed by atoms with van der Waals surface area (Å²) in [6.45, 7) is 2.25. The summed E-state index contributed by atoms with van der Waals surface area (Å²) in [6.07, 6.45) is 8.16. The molecular formula is C13H20N2O4. The molecule has 1 aliphatic rings. The predicted octanol–water partition coefficient (Wildman–Crippen LogP) is 1.40. The van der Waals surface area contributed by atoms with Crippen molar-refractivity contribution in [2.45, 2.75) is 26.0 Å². The van der Waals surface area contributed by atoms with Crippen LogP contribution >= 0.6 is 0 Å². The van der Waals surface area contributed by atoms with Crippen LogP contribution in [0.3, 0.4) is 0 Å². The Kier molecular flexibility index (Phi) is 6.67. The molecule has 0 saturated carbocycles. The second-order valence-electron chi connectivity index (χ2n) is 3.99. The van der Waals surface area contributed by atoms with E-state index in [0.29, 0.717) is 6.61 Å². The van der Waals surface area contributed by atoms with E-state index in [-0.39, 0.29) is 6.54 Å². The first-order valence-electron chi connectivity index (χ1n) is 6.28. The minimum atomic E-state index is -0.457. The maximum Gasteiger partial charge on any atom is 0.325 e. The highest BCUT2D eigenvalue weighted by atomic mass is 16.5. The van der Waals surface area contributed by atoms with Crippen LogP contribution in [0.5, 0.6) is 0 Å². The smallest absolute Gasteiger partial charge is 0.325 e. The van der Waals surface area contributed by atoms with Crippen LogP contribution in [0.25, 0.3) is 0 Å². The molecule has 0 aromatic heterocycles. The number of rotatable bonds is 6. The molecule has 19 heavy (non-hydrogen) atoms. The van der Waals surface area contributed by atoms with Gasteiger partial charge in [0, 0.05) is 13.3 Å². The van der Waals surface area contributed by atoms with Crippen molar-refractivity contribution in [1.29, 1.82) is 0 Å². The molecule has 2 amide bonds. The lowest BCUT2D eigenvalue weighted by molar-refractivity contribution is -0.142. The summed E-state index contributed by atoms with van der Waals surface area (Å²) in [5, 5.41) is 2.49. The number of nitrogens with zero attached hydrogens (tertiary/aromatic N) is 1. The summed E-state index contributed by atoms with van der Waals surface area (Å²) >= 11 is 0. The average molecular weight is 268 g/mol. The summed E-state index contributed by atoms with van der Waals surface area (Å²) in [7, 11) is 1.51. The standard InChI is InChI=1S/C13H20N2O4/c1-3-4-9-19-12(16)10-14-13(17)15-8-6-5-7-11(15)18-2/h5-8,11H,3-4,9-10H2,1-2H3,(H,14,17)/t11-/m0/s1. The Balaban J connectivity index is 2.32. The van der Waals surface area contributed by atoms with E-state index in [0.717, 1.165) is 12.8 Å². The van der Waals surface area contributed by atoms with Gasteiger partial charge in [0.25, 0.3) is 0 Å². The van der Waals surface area contributed by atoms with Crippen LogP contribution in [0.15, 0.2) is 24.4 Å². The Morgan fingerprint density at radius 1 is 1.37 bits per heavy atom. The number of carbonyl (C=O) groups is 2. The Hall–Kier alpha value is -1.82. The third kappa shape index (κ3) is 5.13. The second-order valence-corrected chi connectivity index (χ2v) is 3.99. The maximum atomic E-state index is 11.8. The summed E-state index contributed by atoms with van der Waals surface area (Å²) in [5.74, 6) is -0.438. The maximum absolute atomic E-state index is 11.8. The highest BCUT2D eigenvalue weighted by molar-refractivity contribution is 5.81. The molecule has 1 N–H and O–H groups in total. The molecule has 0 aliphatic carbocycles. The summed E-state index contributed by atoms with van der Waals surface area (Å²) in [4.78, 5) is 24.5. The van der Waals surface area contributed by atoms with E-state index in [1.807, 2.05) is 6.92 Å². The van der Waals surface area contributed by atoms with Crippen LogP contribution < -0.4 is 5.32 Å². The highest BCUT2D eigenvalue weighted by Gasteiger charge is 2.21. The molecule has 1 aliphatic heterocycles. The van der Waals surface area contributed by atoms with E-state index in [1.165, 1.54) is 12.0 Å². The first-order chi connectivity index (χ1) is 9.19. The van der Waals surface area contributed by atoms with E-state index in [2.05, 4.69) is 5.32 Å². The zero-order valence-electron chi connectivity index (χ0n) is 11.3. The first-order valence-corrected chi connectivity index (χ1v) is 6.28. The van der Waals surface area contributed by atoms with Gasteiger partial charge in [-0.05, 0) is 18.6 Å². The highest BCUT2D eigenvalue weighted by Crippen LogP contribution is 2.08. The third-order valence-corrected chi connectivity index (χ3v) is 2.53. The number of hydrogen-bond acceptors (Lipinski definition) is 4. The summed E-state index contributed by atoms with van der Waals surface area (Å²) < 4.78 is 10.1. The lowest BCUT2D eigenvalue weighted by Gasteiger charge is -2.26. The summed E-state index contributed by atoms with van der Waals surface area (Å²) in [5.41, 5.74) is 0. The molecule has 0 unspecified atom stereocenters. The number of urea groups is 1. The topological polar surface area (TPSA) is 67.9 Å². The van der Waals surface area contributed by atoms with Crippen LogP contribution in [0.2, 0.25) is 0 Å². The van der Waals surface area contributed by atoms with E-state index < -0.39 is 18.2 Å². The van der Waals surface area contributed by atoms with Crippen molar-refractivity contribution in [2.24, 2.45) is 0 Å². The number of allylic oxidation sites excluding steroid dienone is 2. The Bertz CT molecular complexity index is 366. The van der Waals surface area contributed by atoms with Crippen molar-refractivity contribution in [3.63, 3.8) is 0 Å². The fourth-order valence-electron chi connectivity index (χ4n) is 1.47. The van der Waals surface area contributed by atoms with Crippen LogP contribution in [0.1, 0.15) is 19.8 Å². The van der Waals surface area contributed by atoms with E-state index in [9.17, 15) is 9.59 Å². The molecule has 0 bridgehead atoms. The fourth-order valence-corrected chi connectivity index (χ4v) is 1.47. The molecular weight excluding hydrogens is 248 g/mol. The number of methoxy groups -OCH3 is 1. The van der Waals surface area contributed by atoms with Gasteiger partial charge in [-0.1, -0.05) is 19.4 Å². The van der Waals surface area contributed by atoms with Crippen molar-refractivity contribution < 1.29 is 19.1 Å². The molecule has 6 heteroatoms. The van der Waals surface area contributed by atoms with Crippen molar-refractivity contribution in [1.82, 2.24) is 10.2 Å². The van der Waals surface area contributed by atoms with Gasteiger partial charge in [-0.3, -0.25) is 9.69 Å². The SMILES string of the molecule is CCCCOC(=O)CNC(=O)N1C=CC=C[C@@H]1OC. The minimum absolute atomic E-state index is 0.146. The molecule has 0 saturated heterocycles. The average Bonchev–Trinajstić information content (AvgIpc) is 2.45. The zero-order valence-corrected chi connectivity index (χ0v) is 11.3. The monoisotopic (exact) mass is 268 g/mol. The number of esters is 1. The fraction of sp³-hybridized carbons (Fsp3) is 0.538. The number of nitrogens with one attached hydrogen (secondary N) is 1. The largest absolute Gasteiger partial charge is 0.464 e. The van der Waals surface area contributed by atoms with Gasteiger partial charge in [0.15, 0.2) is 6.23 Å². The minimum Gasteiger partial charge on any atom is -0.464 e. The zero-order chi connectivity index (χ0) is 14.1. The molecule has 1 atom stereocenters. The Labute approximate surface area is 113 Å². The number of carbonyl (C=O) groups excluding carboxylic acids is 2. The van der Waals surface area contributed by atoms with Gasteiger partial charge in [0.05, 0.1) is 6.61 Å². The van der Waals surface area contributed by atoms with Crippen molar-refractivity contribution in [3.05, 3.63) is 24.4 Å². The predicted molar refractivity (Wildman–Crippen MR) is 70.2 cm³/mol. The number of ether oxygens (including phenoxy) is 2. The van der Waals surface area contributed by atoms with E-state index in [4.69, 9.17) is 9.47 Å². The van der Waals surface area contributed by atoms with E-state index >= 15 is 0 Å². The number of amides is 2. The lowest BCUT2D eigenvalue weighted by Crippen LogP contribution is -2.45. The first kappa shape index (κ1) is 15.2. The molecule has 0 radical (unpaired) electrons. The Morgan fingerprint density at radius 2 is 2.16 bits per heavy atom. The third-order valence-electron chi connectivity index (χ3n) is 2.53. The molecule has 0 aromatic rings. The Morgan fingerprint density at radius 3 is 2.84 bits per heavy atom. The second kappa shape index (κ2) is 8.31. The van der Waals surface area contributed by atoms with Crippen LogP contribution in [0, 0.1) is 0 Å². The van der Waals surface area contributed by atoms with Crippen LogP contribution in [-0.4, -0.2) is 43.4 Å². The summed E-state index contributed by atoms with van der Waals surface area (Å²) in [6, 6.07) is -0.403. The number of unbranched alkanes of at least 4 members (excludes halogenated alkanes) is 1. The van der Waals surface area contributed by atoms with Gasteiger partial charge in [-0.2, -0.15) is 0 Å². The van der Waals surface area contributed by atoms with E-state index in [1.54, 1.807) is 24.4 Å². The quantitative estimate of drug-likeness (QED) is 0.584.